The first-order valence-electron chi connectivity index (χ1n) is 9.30. The molecule has 1 saturated heterocycles. The summed E-state index contributed by atoms with van der Waals surface area (Å²) >= 11 is 0. The second kappa shape index (κ2) is 8.80. The van der Waals surface area contributed by atoms with Crippen LogP contribution in [0, 0.1) is 0 Å². The number of hydrogen-bond acceptors (Lipinski definition) is 3. The average molecular weight is 373 g/mol. The van der Waals surface area contributed by atoms with Crippen LogP contribution in [0.15, 0.2) is 60.7 Å². The minimum atomic E-state index is -3.26. The van der Waals surface area contributed by atoms with Crippen LogP contribution in [0.3, 0.4) is 0 Å². The predicted octanol–water partition coefficient (Wildman–Crippen LogP) is 3.16. The van der Waals surface area contributed by atoms with Crippen molar-refractivity contribution in [2.45, 2.75) is 31.1 Å². The second-order valence-electron chi connectivity index (χ2n) is 7.11. The molecule has 0 aromatic heterocycles. The normalized spacial score (nSPS) is 18.9. The first-order valence-corrected chi connectivity index (χ1v) is 10.9. The zero-order valence-corrected chi connectivity index (χ0v) is 16.2. The number of hydrogen-bond donors (Lipinski definition) is 0. The highest BCUT2D eigenvalue weighted by molar-refractivity contribution is 7.88. The molecule has 1 aliphatic rings. The number of sulfonamides is 1. The first kappa shape index (κ1) is 19.1. The summed E-state index contributed by atoms with van der Waals surface area (Å²) in [4.78, 5) is 2.32. The van der Waals surface area contributed by atoms with Gasteiger partial charge in [-0.3, -0.25) is 0 Å². The van der Waals surface area contributed by atoms with Crippen LogP contribution < -0.4 is 0 Å². The number of likely N-dealkylation sites (N-methyl/N-ethyl adjacent to an activating group) is 1. The van der Waals surface area contributed by atoms with Gasteiger partial charge in [0.1, 0.15) is 0 Å². The molecule has 0 spiro atoms. The molecule has 1 unspecified atom stereocenters. The van der Waals surface area contributed by atoms with Crippen molar-refractivity contribution in [1.29, 1.82) is 0 Å². The lowest BCUT2D eigenvalue weighted by atomic mass is 10.1. The van der Waals surface area contributed by atoms with Gasteiger partial charge in [-0.05, 0) is 37.4 Å². The van der Waals surface area contributed by atoms with E-state index in [1.54, 1.807) is 4.31 Å². The second-order valence-corrected chi connectivity index (χ2v) is 9.08. The van der Waals surface area contributed by atoms with Gasteiger partial charge >= 0.3 is 0 Å². The van der Waals surface area contributed by atoms with Crippen molar-refractivity contribution in [1.82, 2.24) is 9.21 Å². The molecule has 140 valence electrons. The molecule has 1 atom stereocenters. The van der Waals surface area contributed by atoms with E-state index in [1.165, 1.54) is 5.56 Å². The molecule has 0 saturated carbocycles. The minimum Gasteiger partial charge on any atom is -0.302 e. The fourth-order valence-electron chi connectivity index (χ4n) is 3.54. The van der Waals surface area contributed by atoms with Gasteiger partial charge in [-0.2, -0.15) is 0 Å². The van der Waals surface area contributed by atoms with Crippen LogP contribution in [0.5, 0.6) is 0 Å². The molecule has 3 rings (SSSR count). The lowest BCUT2D eigenvalue weighted by Crippen LogP contribution is -2.49. The van der Waals surface area contributed by atoms with E-state index in [1.807, 2.05) is 36.4 Å². The number of rotatable bonds is 7. The maximum Gasteiger partial charge on any atom is 0.218 e. The molecule has 4 nitrogen and oxygen atoms in total. The van der Waals surface area contributed by atoms with Gasteiger partial charge in [0.15, 0.2) is 0 Å². The monoisotopic (exact) mass is 372 g/mol. The van der Waals surface area contributed by atoms with Crippen LogP contribution in [0.1, 0.15) is 24.0 Å². The SMILES string of the molecule is CN(CCc1ccccc1)C1CCCN(S(=O)(=O)Cc2ccccc2)C1. The molecule has 1 heterocycles. The van der Waals surface area contributed by atoms with Gasteiger partial charge < -0.3 is 4.90 Å². The summed E-state index contributed by atoms with van der Waals surface area (Å²) in [5.74, 6) is 0.0916. The van der Waals surface area contributed by atoms with Crippen LogP contribution in [0.2, 0.25) is 0 Å². The lowest BCUT2D eigenvalue weighted by molar-refractivity contribution is 0.164. The fourth-order valence-corrected chi connectivity index (χ4v) is 5.14. The summed E-state index contributed by atoms with van der Waals surface area (Å²) in [6, 6.07) is 20.2. The molecule has 2 aromatic carbocycles. The first-order chi connectivity index (χ1) is 12.5. The van der Waals surface area contributed by atoms with Crippen LogP contribution in [-0.4, -0.2) is 50.3 Å². The van der Waals surface area contributed by atoms with Crippen molar-refractivity contribution < 1.29 is 8.42 Å². The van der Waals surface area contributed by atoms with Crippen molar-refractivity contribution in [3.05, 3.63) is 71.8 Å². The smallest absolute Gasteiger partial charge is 0.218 e. The fraction of sp³-hybridized carbons (Fsp3) is 0.429. The zero-order chi connectivity index (χ0) is 18.4. The summed E-state index contributed by atoms with van der Waals surface area (Å²) in [7, 11) is -1.15. The largest absolute Gasteiger partial charge is 0.302 e. The third-order valence-corrected chi connectivity index (χ3v) is 6.98. The molecule has 1 aliphatic heterocycles. The minimum absolute atomic E-state index is 0.0916. The summed E-state index contributed by atoms with van der Waals surface area (Å²) in [5, 5.41) is 0. The Labute approximate surface area is 157 Å². The van der Waals surface area contributed by atoms with Gasteiger partial charge in [0.25, 0.3) is 0 Å². The van der Waals surface area contributed by atoms with Gasteiger partial charge in [0.05, 0.1) is 5.75 Å². The van der Waals surface area contributed by atoms with Gasteiger partial charge in [0.2, 0.25) is 10.0 Å². The molecule has 0 aliphatic carbocycles. The third kappa shape index (κ3) is 5.16. The topological polar surface area (TPSA) is 40.6 Å². The highest BCUT2D eigenvalue weighted by Crippen LogP contribution is 2.20. The summed E-state index contributed by atoms with van der Waals surface area (Å²) in [6.07, 6.45) is 2.97. The Kier molecular flexibility index (Phi) is 6.46. The maximum absolute atomic E-state index is 12.8. The molecule has 1 fully saturated rings. The van der Waals surface area contributed by atoms with E-state index in [9.17, 15) is 8.42 Å². The number of nitrogens with zero attached hydrogens (tertiary/aromatic N) is 2. The Hall–Kier alpha value is -1.69. The maximum atomic E-state index is 12.8. The Morgan fingerprint density at radius 1 is 1.00 bits per heavy atom. The van der Waals surface area contributed by atoms with E-state index in [0.717, 1.165) is 31.4 Å². The number of piperidine rings is 1. The van der Waals surface area contributed by atoms with Crippen molar-refractivity contribution in [3.8, 4) is 0 Å². The van der Waals surface area contributed by atoms with Gasteiger partial charge in [0, 0.05) is 25.7 Å². The van der Waals surface area contributed by atoms with Crippen molar-refractivity contribution in [3.63, 3.8) is 0 Å². The molecular formula is C21H28N2O2S. The van der Waals surface area contributed by atoms with Gasteiger partial charge in [-0.25, -0.2) is 12.7 Å². The molecule has 0 N–H and O–H groups in total. The Morgan fingerprint density at radius 3 is 2.27 bits per heavy atom. The van der Waals surface area contributed by atoms with Crippen LogP contribution in [0.4, 0.5) is 0 Å². The van der Waals surface area contributed by atoms with Crippen molar-refractivity contribution in [2.24, 2.45) is 0 Å². The van der Waals surface area contributed by atoms with E-state index in [4.69, 9.17) is 0 Å². The van der Waals surface area contributed by atoms with Gasteiger partial charge in [-0.15, -0.1) is 0 Å². The van der Waals surface area contributed by atoms with Crippen LogP contribution in [0.25, 0.3) is 0 Å². The summed E-state index contributed by atoms with van der Waals surface area (Å²) < 4.78 is 27.3. The van der Waals surface area contributed by atoms with Crippen molar-refractivity contribution >= 4 is 10.0 Å². The number of benzene rings is 2. The average Bonchev–Trinajstić information content (AvgIpc) is 2.67. The zero-order valence-electron chi connectivity index (χ0n) is 15.4. The van der Waals surface area contributed by atoms with Crippen LogP contribution >= 0.6 is 0 Å². The molecule has 5 heteroatoms. The van der Waals surface area contributed by atoms with E-state index in [0.29, 0.717) is 13.1 Å². The highest BCUT2D eigenvalue weighted by Gasteiger charge is 2.30. The molecule has 26 heavy (non-hydrogen) atoms. The van der Waals surface area contributed by atoms with E-state index in [2.05, 4.69) is 36.2 Å². The molecule has 0 radical (unpaired) electrons. The van der Waals surface area contributed by atoms with E-state index < -0.39 is 10.0 Å². The standard InChI is InChI=1S/C21H28N2O2S/c1-22(16-14-19-9-4-2-5-10-19)21-13-8-15-23(17-21)26(24,25)18-20-11-6-3-7-12-20/h2-7,9-12,21H,8,13-18H2,1H3. The molecule has 2 aromatic rings. The summed E-state index contributed by atoms with van der Waals surface area (Å²) in [5.41, 5.74) is 2.18. The third-order valence-electron chi connectivity index (χ3n) is 5.16. The Morgan fingerprint density at radius 2 is 1.62 bits per heavy atom. The molecule has 0 bridgehead atoms. The predicted molar refractivity (Wildman–Crippen MR) is 106 cm³/mol. The van der Waals surface area contributed by atoms with Crippen LogP contribution in [-0.2, 0) is 22.2 Å². The highest BCUT2D eigenvalue weighted by atomic mass is 32.2. The summed E-state index contributed by atoms with van der Waals surface area (Å²) in [6.45, 7) is 2.18. The molecule has 0 amide bonds. The van der Waals surface area contributed by atoms with E-state index in [-0.39, 0.29) is 11.8 Å². The Bertz CT molecular complexity index is 778. The quantitative estimate of drug-likeness (QED) is 0.750. The Balaban J connectivity index is 1.57. The van der Waals surface area contributed by atoms with Gasteiger partial charge in [-0.1, -0.05) is 60.7 Å². The van der Waals surface area contributed by atoms with E-state index >= 15 is 0 Å². The lowest BCUT2D eigenvalue weighted by Gasteiger charge is -2.37. The van der Waals surface area contributed by atoms with Crippen molar-refractivity contribution in [2.75, 3.05) is 26.7 Å². The molecular weight excluding hydrogens is 344 g/mol.